The predicted octanol–water partition coefficient (Wildman–Crippen LogP) is 3.95. The number of aromatic nitrogens is 2. The van der Waals surface area contributed by atoms with E-state index >= 15 is 0 Å². The van der Waals surface area contributed by atoms with Gasteiger partial charge in [0.15, 0.2) is 6.61 Å². The first-order chi connectivity index (χ1) is 13.8. The Labute approximate surface area is 164 Å². The number of rotatable bonds is 7. The van der Waals surface area contributed by atoms with Crippen LogP contribution in [0.15, 0.2) is 65.2 Å². The van der Waals surface area contributed by atoms with Crippen molar-refractivity contribution in [1.82, 2.24) is 15.0 Å². The molecule has 6 nitrogen and oxygen atoms in total. The van der Waals surface area contributed by atoms with Gasteiger partial charge >= 0.3 is 0 Å². The number of hydrogen-bond donors (Lipinski definition) is 0. The fourth-order valence-corrected chi connectivity index (χ4v) is 3.19. The second-order valence-electron chi connectivity index (χ2n) is 6.65. The molecule has 0 aliphatic carbocycles. The third kappa shape index (κ3) is 4.58. The Bertz CT molecular complexity index is 920. The Morgan fingerprint density at radius 1 is 1.04 bits per heavy atom. The molecule has 2 aromatic carbocycles. The van der Waals surface area contributed by atoms with E-state index in [2.05, 4.69) is 45.4 Å². The van der Waals surface area contributed by atoms with E-state index in [1.807, 2.05) is 30.3 Å². The molecule has 0 amide bonds. The summed E-state index contributed by atoms with van der Waals surface area (Å²) in [6.45, 7) is 2.77. The van der Waals surface area contributed by atoms with E-state index in [9.17, 15) is 0 Å². The highest BCUT2D eigenvalue weighted by molar-refractivity contribution is 5.66. The highest BCUT2D eigenvalue weighted by Gasteiger charge is 2.16. The minimum atomic E-state index is 0.272. The molecule has 6 heteroatoms. The summed E-state index contributed by atoms with van der Waals surface area (Å²) in [5, 5.41) is 4.02. The molecule has 1 aliphatic rings. The van der Waals surface area contributed by atoms with Gasteiger partial charge in [0.25, 0.3) is 0 Å². The molecule has 0 radical (unpaired) electrons. The zero-order valence-electron chi connectivity index (χ0n) is 15.9. The maximum Gasteiger partial charge on any atom is 0.240 e. The fraction of sp³-hybridized carbons (Fsp3) is 0.273. The van der Waals surface area contributed by atoms with Gasteiger partial charge in [0.05, 0.1) is 13.7 Å². The van der Waals surface area contributed by atoms with Gasteiger partial charge < -0.3 is 14.0 Å². The van der Waals surface area contributed by atoms with Gasteiger partial charge in [-0.05, 0) is 41.8 Å². The van der Waals surface area contributed by atoms with E-state index in [0.29, 0.717) is 18.3 Å². The van der Waals surface area contributed by atoms with E-state index < -0.39 is 0 Å². The lowest BCUT2D eigenvalue weighted by atomic mass is 10.00. The minimum absolute atomic E-state index is 0.272. The highest BCUT2D eigenvalue weighted by atomic mass is 16.5. The smallest absolute Gasteiger partial charge is 0.240 e. The Morgan fingerprint density at radius 2 is 1.82 bits per heavy atom. The summed E-state index contributed by atoms with van der Waals surface area (Å²) in [5.41, 5.74) is 2.70. The van der Waals surface area contributed by atoms with Crippen LogP contribution < -0.4 is 9.47 Å². The standard InChI is InChI=1S/C22H23N3O3/c1-26-19-7-9-20(10-8-19)27-16-21-23-22(28-24-21)15-25-13-11-18(12-14-25)17-5-3-2-4-6-17/h2-11H,12-16H2,1H3. The van der Waals surface area contributed by atoms with Crippen LogP contribution >= 0.6 is 0 Å². The summed E-state index contributed by atoms with van der Waals surface area (Å²) < 4.78 is 16.2. The molecule has 2 heterocycles. The minimum Gasteiger partial charge on any atom is -0.497 e. The van der Waals surface area contributed by atoms with E-state index in [4.69, 9.17) is 14.0 Å². The van der Waals surface area contributed by atoms with Gasteiger partial charge in [0, 0.05) is 13.1 Å². The summed E-state index contributed by atoms with van der Waals surface area (Å²) in [7, 11) is 1.64. The quantitative estimate of drug-likeness (QED) is 0.621. The molecule has 0 atom stereocenters. The Morgan fingerprint density at radius 3 is 2.54 bits per heavy atom. The molecule has 0 bridgehead atoms. The van der Waals surface area contributed by atoms with Crippen molar-refractivity contribution in [2.24, 2.45) is 0 Å². The van der Waals surface area contributed by atoms with Gasteiger partial charge in [-0.15, -0.1) is 0 Å². The lowest BCUT2D eigenvalue weighted by Gasteiger charge is -2.24. The average molecular weight is 377 g/mol. The first-order valence-corrected chi connectivity index (χ1v) is 9.35. The van der Waals surface area contributed by atoms with Crippen molar-refractivity contribution in [2.75, 3.05) is 20.2 Å². The normalized spacial score (nSPS) is 14.5. The van der Waals surface area contributed by atoms with Crippen molar-refractivity contribution in [1.29, 1.82) is 0 Å². The molecular formula is C22H23N3O3. The molecule has 0 saturated heterocycles. The van der Waals surface area contributed by atoms with Gasteiger partial charge in [0.2, 0.25) is 11.7 Å². The molecule has 1 aliphatic heterocycles. The molecule has 0 spiro atoms. The fourth-order valence-electron chi connectivity index (χ4n) is 3.19. The second-order valence-corrected chi connectivity index (χ2v) is 6.65. The SMILES string of the molecule is COc1ccc(OCc2noc(CN3CC=C(c4ccccc4)CC3)n2)cc1. The highest BCUT2D eigenvalue weighted by Crippen LogP contribution is 2.23. The third-order valence-electron chi connectivity index (χ3n) is 4.73. The van der Waals surface area contributed by atoms with Gasteiger partial charge in [0.1, 0.15) is 11.5 Å². The van der Waals surface area contributed by atoms with Gasteiger partial charge in [-0.1, -0.05) is 41.6 Å². The lowest BCUT2D eigenvalue weighted by molar-refractivity contribution is 0.243. The summed E-state index contributed by atoms with van der Waals surface area (Å²) in [6.07, 6.45) is 3.30. The third-order valence-corrected chi connectivity index (χ3v) is 4.73. The summed E-state index contributed by atoms with van der Waals surface area (Å²) >= 11 is 0. The summed E-state index contributed by atoms with van der Waals surface area (Å²) in [5.74, 6) is 2.69. The van der Waals surface area contributed by atoms with Crippen molar-refractivity contribution < 1.29 is 14.0 Å². The van der Waals surface area contributed by atoms with Crippen LogP contribution in [0, 0.1) is 0 Å². The number of benzene rings is 2. The van der Waals surface area contributed by atoms with Gasteiger partial charge in [-0.25, -0.2) is 0 Å². The maximum absolute atomic E-state index is 5.69. The van der Waals surface area contributed by atoms with Crippen LogP contribution in [-0.4, -0.2) is 35.2 Å². The van der Waals surface area contributed by atoms with Crippen LogP contribution in [0.4, 0.5) is 0 Å². The summed E-state index contributed by atoms with van der Waals surface area (Å²) in [6, 6.07) is 17.9. The Kier molecular flexibility index (Phi) is 5.68. The Hall–Kier alpha value is -3.12. The van der Waals surface area contributed by atoms with Crippen molar-refractivity contribution >= 4 is 5.57 Å². The van der Waals surface area contributed by atoms with Crippen LogP contribution in [-0.2, 0) is 13.2 Å². The molecule has 0 saturated carbocycles. The predicted molar refractivity (Wildman–Crippen MR) is 106 cm³/mol. The molecule has 3 aromatic rings. The monoisotopic (exact) mass is 377 g/mol. The molecule has 28 heavy (non-hydrogen) atoms. The van der Waals surface area contributed by atoms with Gasteiger partial charge in [-0.2, -0.15) is 4.98 Å². The number of ether oxygens (including phenoxy) is 2. The number of nitrogens with zero attached hydrogens (tertiary/aromatic N) is 3. The van der Waals surface area contributed by atoms with E-state index in [0.717, 1.165) is 31.0 Å². The van der Waals surface area contributed by atoms with Crippen LogP contribution in [0.1, 0.15) is 23.7 Å². The molecule has 0 unspecified atom stereocenters. The van der Waals surface area contributed by atoms with Gasteiger partial charge in [-0.3, -0.25) is 4.90 Å². The molecule has 0 fully saturated rings. The average Bonchev–Trinajstić information content (AvgIpc) is 3.21. The van der Waals surface area contributed by atoms with Crippen LogP contribution in [0.3, 0.4) is 0 Å². The number of methoxy groups -OCH3 is 1. The van der Waals surface area contributed by atoms with Crippen LogP contribution in [0.25, 0.3) is 5.57 Å². The van der Waals surface area contributed by atoms with E-state index in [1.165, 1.54) is 11.1 Å². The zero-order chi connectivity index (χ0) is 19.2. The van der Waals surface area contributed by atoms with Crippen LogP contribution in [0.2, 0.25) is 0 Å². The second kappa shape index (κ2) is 8.71. The topological polar surface area (TPSA) is 60.6 Å². The Balaban J connectivity index is 1.28. The van der Waals surface area contributed by atoms with E-state index in [-0.39, 0.29) is 6.61 Å². The first-order valence-electron chi connectivity index (χ1n) is 9.35. The van der Waals surface area contributed by atoms with Crippen molar-refractivity contribution in [3.05, 3.63) is 78.0 Å². The molecule has 144 valence electrons. The summed E-state index contributed by atoms with van der Waals surface area (Å²) in [4.78, 5) is 6.74. The molecule has 0 N–H and O–H groups in total. The maximum atomic E-state index is 5.69. The van der Waals surface area contributed by atoms with Crippen molar-refractivity contribution in [2.45, 2.75) is 19.6 Å². The lowest BCUT2D eigenvalue weighted by Crippen LogP contribution is -2.28. The molecule has 4 rings (SSSR count). The van der Waals surface area contributed by atoms with E-state index in [1.54, 1.807) is 7.11 Å². The largest absolute Gasteiger partial charge is 0.497 e. The zero-order valence-corrected chi connectivity index (χ0v) is 15.9. The first kappa shape index (κ1) is 18.3. The molecular weight excluding hydrogens is 354 g/mol. The van der Waals surface area contributed by atoms with Crippen molar-refractivity contribution in [3.63, 3.8) is 0 Å². The molecule has 1 aromatic heterocycles. The number of hydrogen-bond acceptors (Lipinski definition) is 6. The van der Waals surface area contributed by atoms with Crippen molar-refractivity contribution in [3.8, 4) is 11.5 Å². The van der Waals surface area contributed by atoms with Crippen LogP contribution in [0.5, 0.6) is 11.5 Å².